The lowest BCUT2D eigenvalue weighted by molar-refractivity contribution is 0.110. The summed E-state index contributed by atoms with van der Waals surface area (Å²) in [5.41, 5.74) is 1.25. The number of benzene rings is 1. The van der Waals surface area contributed by atoms with Crippen LogP contribution in [0.15, 0.2) is 18.2 Å². The zero-order valence-corrected chi connectivity index (χ0v) is 11.3. The molecule has 6 heteroatoms. The molecule has 0 aliphatic heterocycles. The molecule has 2 atom stereocenters. The molecule has 1 aromatic carbocycles. The number of alkyl halides is 2. The lowest BCUT2D eigenvalue weighted by atomic mass is 9.90. The number of methoxy groups -OCH3 is 2. The molecule has 2 N–H and O–H groups in total. The van der Waals surface area contributed by atoms with Crippen molar-refractivity contribution >= 4 is 6.08 Å². The summed E-state index contributed by atoms with van der Waals surface area (Å²) in [6.45, 7) is -0.478. The predicted octanol–water partition coefficient (Wildman–Crippen LogP) is 1.99. The van der Waals surface area contributed by atoms with Crippen LogP contribution in [0.2, 0.25) is 0 Å². The molecule has 0 spiro atoms. The molecule has 0 fully saturated rings. The van der Waals surface area contributed by atoms with E-state index in [-0.39, 0.29) is 0 Å². The summed E-state index contributed by atoms with van der Waals surface area (Å²) in [5.74, 6) is 1.10. The molecule has 0 radical (unpaired) electrons. The second-order valence-corrected chi connectivity index (χ2v) is 4.43. The number of ether oxygens (including phenoxy) is 2. The van der Waals surface area contributed by atoms with E-state index in [2.05, 4.69) is 5.32 Å². The normalized spacial score (nSPS) is 20.9. The molecule has 0 aromatic heterocycles. The zero-order valence-electron chi connectivity index (χ0n) is 11.3. The van der Waals surface area contributed by atoms with Crippen molar-refractivity contribution in [3.05, 3.63) is 29.3 Å². The molecule has 0 amide bonds. The summed E-state index contributed by atoms with van der Waals surface area (Å²) in [4.78, 5) is 0. The van der Waals surface area contributed by atoms with E-state index in [1.807, 2.05) is 0 Å². The summed E-state index contributed by atoms with van der Waals surface area (Å²) >= 11 is 0. The number of hydrogen-bond acceptors (Lipinski definition) is 4. The lowest BCUT2D eigenvalue weighted by Gasteiger charge is -2.28. The van der Waals surface area contributed by atoms with Crippen LogP contribution in [-0.4, -0.2) is 38.3 Å². The third-order valence-electron chi connectivity index (χ3n) is 3.26. The topological polar surface area (TPSA) is 50.7 Å². The quantitative estimate of drug-likeness (QED) is 0.868. The number of aliphatic hydroxyl groups excluding tert-OH is 1. The van der Waals surface area contributed by atoms with Gasteiger partial charge in [-0.2, -0.15) is 0 Å². The summed E-state index contributed by atoms with van der Waals surface area (Å²) in [6.07, 6.45) is -0.0489. The van der Waals surface area contributed by atoms with Gasteiger partial charge in [-0.05, 0) is 12.1 Å². The minimum Gasteiger partial charge on any atom is -0.496 e. The van der Waals surface area contributed by atoms with E-state index < -0.39 is 25.1 Å². The number of halogens is 2. The van der Waals surface area contributed by atoms with Gasteiger partial charge in [-0.25, -0.2) is 8.78 Å². The third kappa shape index (κ3) is 2.76. The van der Waals surface area contributed by atoms with Crippen molar-refractivity contribution in [3.8, 4) is 11.5 Å². The van der Waals surface area contributed by atoms with Crippen molar-refractivity contribution in [1.29, 1.82) is 0 Å². The Morgan fingerprint density at radius 1 is 1.25 bits per heavy atom. The Morgan fingerprint density at radius 3 is 2.50 bits per heavy atom. The highest BCUT2D eigenvalue weighted by Gasteiger charge is 2.29. The number of rotatable bonds is 5. The molecule has 1 aliphatic carbocycles. The molecule has 0 heterocycles. The van der Waals surface area contributed by atoms with E-state index in [9.17, 15) is 13.9 Å². The Labute approximate surface area is 116 Å². The molecule has 0 unspecified atom stereocenters. The van der Waals surface area contributed by atoms with Crippen LogP contribution in [0.4, 0.5) is 8.78 Å². The first-order chi connectivity index (χ1) is 9.58. The van der Waals surface area contributed by atoms with E-state index in [1.165, 1.54) is 14.2 Å². The Hall–Kier alpha value is -1.66. The monoisotopic (exact) mass is 285 g/mol. The van der Waals surface area contributed by atoms with Gasteiger partial charge < -0.3 is 19.9 Å². The van der Waals surface area contributed by atoms with Gasteiger partial charge in [0.25, 0.3) is 6.43 Å². The van der Waals surface area contributed by atoms with Crippen molar-refractivity contribution in [2.24, 2.45) is 0 Å². The first-order valence-electron chi connectivity index (χ1n) is 6.21. The van der Waals surface area contributed by atoms with Crippen LogP contribution in [0.3, 0.4) is 0 Å². The molecular formula is C14H17F2NO3. The fourth-order valence-electron chi connectivity index (χ4n) is 2.32. The van der Waals surface area contributed by atoms with Gasteiger partial charge in [-0.1, -0.05) is 12.2 Å². The molecule has 0 bridgehead atoms. The molecule has 2 rings (SSSR count). The Bertz CT molecular complexity index is 505. The van der Waals surface area contributed by atoms with E-state index in [4.69, 9.17) is 9.47 Å². The average Bonchev–Trinajstić information content (AvgIpc) is 2.45. The van der Waals surface area contributed by atoms with Crippen LogP contribution in [-0.2, 0) is 0 Å². The fraction of sp³-hybridized carbons (Fsp3) is 0.429. The zero-order chi connectivity index (χ0) is 14.7. The van der Waals surface area contributed by atoms with Crippen LogP contribution in [0.25, 0.3) is 6.08 Å². The first kappa shape index (κ1) is 14.7. The number of nitrogens with one attached hydrogen (secondary N) is 1. The van der Waals surface area contributed by atoms with Crippen LogP contribution in [0, 0.1) is 0 Å². The minimum absolute atomic E-state index is 0.478. The number of hydrogen-bond donors (Lipinski definition) is 2. The second kappa shape index (κ2) is 6.19. The van der Waals surface area contributed by atoms with Gasteiger partial charge in [0.1, 0.15) is 17.6 Å². The predicted molar refractivity (Wildman–Crippen MR) is 71.3 cm³/mol. The molecule has 0 saturated heterocycles. The maximum atomic E-state index is 12.3. The van der Waals surface area contributed by atoms with Crippen LogP contribution in [0.1, 0.15) is 17.2 Å². The Morgan fingerprint density at radius 2 is 1.90 bits per heavy atom. The van der Waals surface area contributed by atoms with E-state index in [0.29, 0.717) is 22.6 Å². The highest BCUT2D eigenvalue weighted by molar-refractivity contribution is 5.68. The number of fused-ring (bicyclic) bond motifs is 1. The molecular weight excluding hydrogens is 268 g/mol. The summed E-state index contributed by atoms with van der Waals surface area (Å²) in [7, 11) is 3.03. The smallest absolute Gasteiger partial charge is 0.250 e. The summed E-state index contributed by atoms with van der Waals surface area (Å²) in [6, 6.07) is 2.84. The van der Waals surface area contributed by atoms with E-state index in [0.717, 1.165) is 0 Å². The van der Waals surface area contributed by atoms with Crippen LogP contribution >= 0.6 is 0 Å². The SMILES string of the molecule is COc1ccc(OC)c2c1C=C[C@@H](NCC(F)F)[C@@H]2O. The van der Waals surface area contributed by atoms with Crippen LogP contribution in [0.5, 0.6) is 11.5 Å². The maximum Gasteiger partial charge on any atom is 0.250 e. The lowest BCUT2D eigenvalue weighted by Crippen LogP contribution is -2.38. The van der Waals surface area contributed by atoms with Gasteiger partial charge in [0, 0.05) is 11.1 Å². The maximum absolute atomic E-state index is 12.3. The van der Waals surface area contributed by atoms with Gasteiger partial charge in [-0.15, -0.1) is 0 Å². The number of aliphatic hydroxyl groups is 1. The van der Waals surface area contributed by atoms with Crippen LogP contribution < -0.4 is 14.8 Å². The van der Waals surface area contributed by atoms with Gasteiger partial charge in [0.2, 0.25) is 0 Å². The van der Waals surface area contributed by atoms with Gasteiger partial charge in [-0.3, -0.25) is 0 Å². The molecule has 4 nitrogen and oxygen atoms in total. The van der Waals surface area contributed by atoms with Crippen molar-refractivity contribution in [2.45, 2.75) is 18.6 Å². The fourth-order valence-corrected chi connectivity index (χ4v) is 2.32. The second-order valence-electron chi connectivity index (χ2n) is 4.43. The van der Waals surface area contributed by atoms with Crippen molar-refractivity contribution in [3.63, 3.8) is 0 Å². The Kier molecular flexibility index (Phi) is 4.57. The Balaban J connectivity index is 2.34. The standard InChI is InChI=1S/C14H17F2NO3/c1-19-10-5-6-11(20-2)13-8(10)3-4-9(14(13)18)17-7-12(15)16/h3-6,9,12,14,17-18H,7H2,1-2H3/t9-,14+/m1/s1. The molecule has 110 valence electrons. The minimum atomic E-state index is -2.47. The highest BCUT2D eigenvalue weighted by Crippen LogP contribution is 2.40. The first-order valence-corrected chi connectivity index (χ1v) is 6.21. The highest BCUT2D eigenvalue weighted by atomic mass is 19.3. The summed E-state index contributed by atoms with van der Waals surface area (Å²) < 4.78 is 35.0. The molecule has 1 aliphatic rings. The summed E-state index contributed by atoms with van der Waals surface area (Å²) in [5, 5.41) is 13.0. The van der Waals surface area contributed by atoms with Crippen molar-refractivity contribution < 1.29 is 23.4 Å². The third-order valence-corrected chi connectivity index (χ3v) is 3.26. The van der Waals surface area contributed by atoms with E-state index in [1.54, 1.807) is 24.3 Å². The van der Waals surface area contributed by atoms with Gasteiger partial charge in [0.05, 0.1) is 26.8 Å². The average molecular weight is 285 g/mol. The molecule has 1 aromatic rings. The van der Waals surface area contributed by atoms with Crippen molar-refractivity contribution in [1.82, 2.24) is 5.32 Å². The van der Waals surface area contributed by atoms with E-state index >= 15 is 0 Å². The molecule has 20 heavy (non-hydrogen) atoms. The van der Waals surface area contributed by atoms with Gasteiger partial charge >= 0.3 is 0 Å². The van der Waals surface area contributed by atoms with Gasteiger partial charge in [0.15, 0.2) is 0 Å². The van der Waals surface area contributed by atoms with Crippen molar-refractivity contribution in [2.75, 3.05) is 20.8 Å². The largest absolute Gasteiger partial charge is 0.496 e. The molecule has 0 saturated carbocycles.